The van der Waals surface area contributed by atoms with Crippen LogP contribution >= 0.6 is 22.6 Å². The smallest absolute Gasteiger partial charge is 0.258 e. The summed E-state index contributed by atoms with van der Waals surface area (Å²) in [4.78, 5) is 10.3. The fourth-order valence-corrected chi connectivity index (χ4v) is 3.42. The highest BCUT2D eigenvalue weighted by atomic mass is 127. The first-order valence-corrected chi connectivity index (χ1v) is 8.29. The topological polar surface area (TPSA) is 103 Å². The molecule has 1 aliphatic rings. The Morgan fingerprint density at radius 3 is 2.61 bits per heavy atom. The first-order chi connectivity index (χ1) is 8.32. The summed E-state index contributed by atoms with van der Waals surface area (Å²) < 4.78 is 23.5. The van der Waals surface area contributed by atoms with Gasteiger partial charge < -0.3 is 0 Å². The zero-order chi connectivity index (χ0) is 13.5. The molecular formula is C10H11IN2O4S. The van der Waals surface area contributed by atoms with Crippen molar-refractivity contribution in [2.75, 3.05) is 4.43 Å². The molecule has 0 unspecified atom stereocenters. The third-order valence-corrected chi connectivity index (χ3v) is 5.18. The van der Waals surface area contributed by atoms with Crippen molar-refractivity contribution in [2.24, 2.45) is 11.1 Å². The molecule has 0 bridgehead atoms. The van der Waals surface area contributed by atoms with Crippen molar-refractivity contribution >= 4 is 38.3 Å². The average molecular weight is 382 g/mol. The minimum Gasteiger partial charge on any atom is -0.258 e. The van der Waals surface area contributed by atoms with Crippen molar-refractivity contribution in [3.8, 4) is 0 Å². The number of nitrogens with two attached hydrogens (primary N) is 1. The highest BCUT2D eigenvalue weighted by Gasteiger charge is 2.30. The van der Waals surface area contributed by atoms with E-state index in [4.69, 9.17) is 5.14 Å². The Hall–Kier alpha value is -0.740. The Bertz CT molecular complexity index is 615. The Labute approximate surface area is 118 Å². The van der Waals surface area contributed by atoms with E-state index in [2.05, 4.69) is 22.6 Å². The number of nitro benzene ring substituents is 1. The second kappa shape index (κ2) is 4.74. The van der Waals surface area contributed by atoms with Crippen molar-refractivity contribution in [3.05, 3.63) is 33.4 Å². The molecule has 0 saturated heterocycles. The van der Waals surface area contributed by atoms with Gasteiger partial charge in [0.05, 0.1) is 9.82 Å². The number of rotatable bonds is 3. The molecular weight excluding hydrogens is 371 g/mol. The lowest BCUT2D eigenvalue weighted by Gasteiger charge is -2.04. The van der Waals surface area contributed by atoms with Gasteiger partial charge in [0.1, 0.15) is 0 Å². The van der Waals surface area contributed by atoms with Crippen molar-refractivity contribution in [2.45, 2.75) is 17.7 Å². The van der Waals surface area contributed by atoms with Crippen molar-refractivity contribution in [3.63, 3.8) is 0 Å². The van der Waals surface area contributed by atoms with Crippen LogP contribution in [0.5, 0.6) is 0 Å². The molecule has 0 fully saturated rings. The van der Waals surface area contributed by atoms with Gasteiger partial charge in [0.15, 0.2) is 0 Å². The summed E-state index contributed by atoms with van der Waals surface area (Å²) in [6.07, 6.45) is 1.29. The van der Waals surface area contributed by atoms with E-state index in [1.807, 2.05) is 0 Å². The van der Waals surface area contributed by atoms with Gasteiger partial charge in [-0.1, -0.05) is 22.6 Å². The number of benzene rings is 1. The summed E-state index contributed by atoms with van der Waals surface area (Å²) >= 11 is 2.23. The number of alkyl halides is 1. The largest absolute Gasteiger partial charge is 0.274 e. The first-order valence-electron chi connectivity index (χ1n) is 5.22. The highest BCUT2D eigenvalue weighted by molar-refractivity contribution is 14.1. The Morgan fingerprint density at radius 1 is 1.44 bits per heavy atom. The summed E-state index contributed by atoms with van der Waals surface area (Å²) in [7, 11) is -3.91. The van der Waals surface area contributed by atoms with E-state index in [9.17, 15) is 18.5 Å². The second-order valence-corrected chi connectivity index (χ2v) is 6.75. The average Bonchev–Trinajstić information content (AvgIpc) is 2.68. The summed E-state index contributed by atoms with van der Waals surface area (Å²) in [5.41, 5.74) is 1.24. The second-order valence-electron chi connectivity index (χ2n) is 4.31. The van der Waals surface area contributed by atoms with Crippen LogP contribution in [0.3, 0.4) is 0 Å². The fourth-order valence-electron chi connectivity index (χ4n) is 2.21. The zero-order valence-electron chi connectivity index (χ0n) is 9.30. The number of primary sulfonamides is 1. The molecule has 18 heavy (non-hydrogen) atoms. The van der Waals surface area contributed by atoms with Gasteiger partial charge in [0.2, 0.25) is 10.0 Å². The van der Waals surface area contributed by atoms with Gasteiger partial charge in [-0.3, -0.25) is 10.1 Å². The van der Waals surface area contributed by atoms with E-state index in [1.165, 1.54) is 6.07 Å². The molecule has 1 aliphatic carbocycles. The number of hydrogen-bond acceptors (Lipinski definition) is 4. The maximum Gasteiger partial charge on any atom is 0.274 e. The first kappa shape index (κ1) is 13.7. The SMILES string of the molecule is NS(=O)(=O)c1cc2c(c([N+](=O)[O-])c1)C[C@H](CI)C2. The fraction of sp³-hybridized carbons (Fsp3) is 0.400. The minimum absolute atomic E-state index is 0.135. The lowest BCUT2D eigenvalue weighted by molar-refractivity contribution is -0.385. The molecule has 6 nitrogen and oxygen atoms in total. The highest BCUT2D eigenvalue weighted by Crippen LogP contribution is 2.36. The maximum absolute atomic E-state index is 11.3. The minimum atomic E-state index is -3.91. The quantitative estimate of drug-likeness (QED) is 0.369. The summed E-state index contributed by atoms with van der Waals surface area (Å²) in [6.45, 7) is 0. The van der Waals surface area contributed by atoms with Crippen molar-refractivity contribution < 1.29 is 13.3 Å². The van der Waals surface area contributed by atoms with Crippen LogP contribution in [0.2, 0.25) is 0 Å². The summed E-state index contributed by atoms with van der Waals surface area (Å²) in [5.74, 6) is 0.329. The van der Waals surface area contributed by atoms with Crippen molar-refractivity contribution in [1.82, 2.24) is 0 Å². The summed E-state index contributed by atoms with van der Waals surface area (Å²) in [6, 6.07) is 2.52. The number of fused-ring (bicyclic) bond motifs is 1. The predicted octanol–water partition coefficient (Wildman–Crippen LogP) is 1.39. The molecule has 0 aromatic heterocycles. The van der Waals surface area contributed by atoms with E-state index in [1.54, 1.807) is 0 Å². The molecule has 0 spiro atoms. The number of halogens is 1. The van der Waals surface area contributed by atoms with Crippen LogP contribution in [0, 0.1) is 16.0 Å². The van der Waals surface area contributed by atoms with E-state index in [0.29, 0.717) is 24.3 Å². The van der Waals surface area contributed by atoms with Gasteiger partial charge in [0, 0.05) is 16.1 Å². The van der Waals surface area contributed by atoms with Gasteiger partial charge in [0.25, 0.3) is 5.69 Å². The molecule has 2 N–H and O–H groups in total. The van der Waals surface area contributed by atoms with Crippen molar-refractivity contribution in [1.29, 1.82) is 0 Å². The number of nitro groups is 1. The van der Waals surface area contributed by atoms with Crippen LogP contribution in [0.4, 0.5) is 5.69 Å². The number of sulfonamides is 1. The number of nitrogens with zero attached hydrogens (tertiary/aromatic N) is 1. The van der Waals surface area contributed by atoms with Crippen LogP contribution in [-0.4, -0.2) is 17.8 Å². The Kier molecular flexibility index (Phi) is 3.60. The van der Waals surface area contributed by atoms with Crippen LogP contribution in [0.1, 0.15) is 11.1 Å². The summed E-state index contributed by atoms with van der Waals surface area (Å²) in [5, 5.41) is 16.0. The molecule has 2 rings (SSSR count). The maximum atomic E-state index is 11.3. The van der Waals surface area contributed by atoms with Gasteiger partial charge >= 0.3 is 0 Å². The molecule has 0 amide bonds. The molecule has 1 atom stereocenters. The van der Waals surface area contributed by atoms with Gasteiger partial charge in [-0.2, -0.15) is 0 Å². The lowest BCUT2D eigenvalue weighted by atomic mass is 10.1. The van der Waals surface area contributed by atoms with Gasteiger partial charge in [-0.15, -0.1) is 0 Å². The molecule has 1 aromatic rings. The van der Waals surface area contributed by atoms with Crippen LogP contribution in [0.25, 0.3) is 0 Å². The zero-order valence-corrected chi connectivity index (χ0v) is 12.3. The van der Waals surface area contributed by atoms with E-state index < -0.39 is 14.9 Å². The third-order valence-electron chi connectivity index (χ3n) is 3.04. The molecule has 0 aliphatic heterocycles. The monoisotopic (exact) mass is 382 g/mol. The molecule has 8 heteroatoms. The van der Waals surface area contributed by atoms with Crippen LogP contribution in [-0.2, 0) is 22.9 Å². The van der Waals surface area contributed by atoms with E-state index >= 15 is 0 Å². The van der Waals surface area contributed by atoms with Crippen LogP contribution < -0.4 is 5.14 Å². The van der Waals surface area contributed by atoms with E-state index in [-0.39, 0.29) is 10.6 Å². The van der Waals surface area contributed by atoms with E-state index in [0.717, 1.165) is 16.1 Å². The Balaban J connectivity index is 2.61. The molecule has 1 aromatic carbocycles. The predicted molar refractivity (Wildman–Crippen MR) is 74.3 cm³/mol. The standard InChI is InChI=1S/C10H11IN2O4S/c11-5-6-1-7-3-8(18(12,16)17)4-10(13(14)15)9(7)2-6/h3-4,6H,1-2,5H2,(H2,12,16,17)/t6-/m1/s1. The third kappa shape index (κ3) is 2.50. The van der Waals surface area contributed by atoms with Gasteiger partial charge in [-0.25, -0.2) is 13.6 Å². The Morgan fingerprint density at radius 2 is 2.11 bits per heavy atom. The van der Waals surface area contributed by atoms with Crippen LogP contribution in [0.15, 0.2) is 17.0 Å². The lowest BCUT2D eigenvalue weighted by Crippen LogP contribution is -2.13. The normalized spacial score (nSPS) is 18.7. The molecule has 0 saturated carbocycles. The molecule has 0 heterocycles. The number of hydrogen-bond donors (Lipinski definition) is 1. The van der Waals surface area contributed by atoms with Gasteiger partial charge in [-0.05, 0) is 30.4 Å². The molecule has 0 radical (unpaired) electrons. The molecule has 98 valence electrons.